The number of carboxylic acid groups (broad SMARTS) is 1. The van der Waals surface area contributed by atoms with Crippen LogP contribution in [0.25, 0.3) is 0 Å². The Labute approximate surface area is 90.3 Å². The highest BCUT2D eigenvalue weighted by atomic mass is 19.3. The molecular formula is C9H10F2N2O3. The Balaban J connectivity index is 2.62. The molecule has 0 aliphatic carbocycles. The highest BCUT2D eigenvalue weighted by Crippen LogP contribution is 2.32. The van der Waals surface area contributed by atoms with Crippen LogP contribution in [0.2, 0.25) is 0 Å². The molecule has 5 nitrogen and oxygen atoms in total. The first kappa shape index (κ1) is 12.4. The minimum Gasteiger partial charge on any atom is -0.481 e. The molecule has 1 heterocycles. The van der Waals surface area contributed by atoms with E-state index in [2.05, 4.69) is 0 Å². The number of carbonyl (C=O) groups excluding carboxylic acids is 1. The topological polar surface area (TPSA) is 81.4 Å². The molecule has 0 bridgehead atoms. The maximum atomic E-state index is 12.9. The monoisotopic (exact) mass is 232 g/mol. The first-order chi connectivity index (χ1) is 7.35. The second-order valence-corrected chi connectivity index (χ2v) is 3.62. The van der Waals surface area contributed by atoms with Gasteiger partial charge in [0.15, 0.2) is 0 Å². The van der Waals surface area contributed by atoms with Gasteiger partial charge >= 0.3 is 5.97 Å². The Hall–Kier alpha value is -1.71. The molecule has 1 unspecified atom stereocenters. The number of carbonyl (C=O) groups is 2. The Morgan fingerprint density at radius 1 is 1.50 bits per heavy atom. The molecule has 0 saturated carbocycles. The minimum atomic E-state index is -3.06. The molecule has 1 saturated heterocycles. The van der Waals surface area contributed by atoms with E-state index >= 15 is 0 Å². The fourth-order valence-corrected chi connectivity index (χ4v) is 1.55. The Kier molecular flexibility index (Phi) is 3.42. The van der Waals surface area contributed by atoms with Gasteiger partial charge in [-0.2, -0.15) is 5.26 Å². The lowest BCUT2D eigenvalue weighted by molar-refractivity contribution is -0.141. The lowest BCUT2D eigenvalue weighted by Gasteiger charge is -2.18. The van der Waals surface area contributed by atoms with E-state index in [4.69, 9.17) is 10.4 Å². The van der Waals surface area contributed by atoms with Crippen molar-refractivity contribution in [3.8, 4) is 6.07 Å². The van der Waals surface area contributed by atoms with Crippen LogP contribution < -0.4 is 0 Å². The molecule has 0 spiro atoms. The summed E-state index contributed by atoms with van der Waals surface area (Å²) in [5.74, 6) is -4.95. The maximum absolute atomic E-state index is 12.9. The first-order valence-electron chi connectivity index (χ1n) is 4.64. The number of nitrogens with zero attached hydrogens (tertiary/aromatic N) is 2. The van der Waals surface area contributed by atoms with Gasteiger partial charge in [-0.25, -0.2) is 8.78 Å². The van der Waals surface area contributed by atoms with Crippen LogP contribution in [0.4, 0.5) is 8.78 Å². The van der Waals surface area contributed by atoms with Crippen molar-refractivity contribution in [1.82, 2.24) is 4.90 Å². The fourth-order valence-electron chi connectivity index (χ4n) is 1.55. The summed E-state index contributed by atoms with van der Waals surface area (Å²) < 4.78 is 25.9. The fraction of sp³-hybridized carbons (Fsp3) is 0.667. The van der Waals surface area contributed by atoms with Crippen molar-refractivity contribution in [3.05, 3.63) is 0 Å². The van der Waals surface area contributed by atoms with Crippen LogP contribution in [0, 0.1) is 11.3 Å². The predicted octanol–water partition coefficient (Wildman–Crippen LogP) is 0.611. The molecule has 16 heavy (non-hydrogen) atoms. The molecule has 0 aromatic rings. The molecule has 1 fully saturated rings. The number of halogens is 2. The normalized spacial score (nSPS) is 22.8. The predicted molar refractivity (Wildman–Crippen MR) is 47.5 cm³/mol. The van der Waals surface area contributed by atoms with Crippen molar-refractivity contribution < 1.29 is 23.5 Å². The molecule has 1 aliphatic heterocycles. The highest BCUT2D eigenvalue weighted by Gasteiger charge is 2.46. The Bertz CT molecular complexity index is 351. The second kappa shape index (κ2) is 4.43. The van der Waals surface area contributed by atoms with Crippen LogP contribution in [0.5, 0.6) is 0 Å². The van der Waals surface area contributed by atoms with Gasteiger partial charge in [-0.05, 0) is 0 Å². The van der Waals surface area contributed by atoms with E-state index in [1.54, 1.807) is 6.07 Å². The Morgan fingerprint density at radius 2 is 2.12 bits per heavy atom. The molecule has 1 N–H and O–H groups in total. The van der Waals surface area contributed by atoms with Gasteiger partial charge < -0.3 is 10.0 Å². The van der Waals surface area contributed by atoms with E-state index in [0.29, 0.717) is 0 Å². The molecule has 88 valence electrons. The number of nitriles is 1. The SMILES string of the molecule is N#CC1CC(F)(F)CN1C(=O)CCC(=O)O. The third-order valence-corrected chi connectivity index (χ3v) is 2.29. The summed E-state index contributed by atoms with van der Waals surface area (Å²) in [5.41, 5.74) is 0. The summed E-state index contributed by atoms with van der Waals surface area (Å²) in [6.45, 7) is -0.802. The summed E-state index contributed by atoms with van der Waals surface area (Å²) in [6, 6.07) is 0.460. The number of likely N-dealkylation sites (tertiary alicyclic amines) is 1. The van der Waals surface area contributed by atoms with Crippen LogP contribution in [0.3, 0.4) is 0 Å². The smallest absolute Gasteiger partial charge is 0.303 e. The maximum Gasteiger partial charge on any atom is 0.303 e. The standard InChI is InChI=1S/C9H10F2N2O3/c10-9(11)3-6(4-12)13(5-9)7(14)1-2-8(15)16/h6H,1-3,5H2,(H,15,16). The molecular weight excluding hydrogens is 222 g/mol. The average Bonchev–Trinajstić information content (AvgIpc) is 2.50. The van der Waals surface area contributed by atoms with Crippen LogP contribution >= 0.6 is 0 Å². The zero-order chi connectivity index (χ0) is 12.3. The number of hydrogen-bond acceptors (Lipinski definition) is 3. The van der Waals surface area contributed by atoms with Crippen LogP contribution in [0.15, 0.2) is 0 Å². The van der Waals surface area contributed by atoms with Crippen molar-refractivity contribution in [2.45, 2.75) is 31.2 Å². The van der Waals surface area contributed by atoms with Gasteiger partial charge in [-0.3, -0.25) is 9.59 Å². The largest absolute Gasteiger partial charge is 0.481 e. The lowest BCUT2D eigenvalue weighted by atomic mass is 10.2. The average molecular weight is 232 g/mol. The van der Waals surface area contributed by atoms with E-state index in [-0.39, 0.29) is 6.42 Å². The minimum absolute atomic E-state index is 0.358. The molecule has 0 aromatic heterocycles. The quantitative estimate of drug-likeness (QED) is 0.772. The van der Waals surface area contributed by atoms with E-state index in [9.17, 15) is 18.4 Å². The van der Waals surface area contributed by atoms with Gasteiger partial charge in [0.1, 0.15) is 6.04 Å². The van der Waals surface area contributed by atoms with E-state index < -0.39 is 43.2 Å². The van der Waals surface area contributed by atoms with Gasteiger partial charge in [-0.15, -0.1) is 0 Å². The molecule has 7 heteroatoms. The number of hydrogen-bond donors (Lipinski definition) is 1. The molecule has 1 atom stereocenters. The van der Waals surface area contributed by atoms with E-state index in [1.165, 1.54) is 0 Å². The molecule has 1 rings (SSSR count). The Morgan fingerprint density at radius 3 is 2.62 bits per heavy atom. The number of amides is 1. The van der Waals surface area contributed by atoms with Crippen LogP contribution in [0.1, 0.15) is 19.3 Å². The second-order valence-electron chi connectivity index (χ2n) is 3.62. The van der Waals surface area contributed by atoms with Gasteiger partial charge in [0.2, 0.25) is 5.91 Å². The van der Waals surface area contributed by atoms with Crippen LogP contribution in [-0.2, 0) is 9.59 Å². The van der Waals surface area contributed by atoms with Crippen molar-refractivity contribution in [2.75, 3.05) is 6.54 Å². The zero-order valence-electron chi connectivity index (χ0n) is 8.32. The first-order valence-corrected chi connectivity index (χ1v) is 4.64. The van der Waals surface area contributed by atoms with Crippen molar-refractivity contribution in [2.24, 2.45) is 0 Å². The number of carboxylic acids is 1. The van der Waals surface area contributed by atoms with Crippen molar-refractivity contribution in [1.29, 1.82) is 5.26 Å². The van der Waals surface area contributed by atoms with Crippen LogP contribution in [-0.4, -0.2) is 40.4 Å². The van der Waals surface area contributed by atoms with E-state index in [0.717, 1.165) is 4.90 Å². The van der Waals surface area contributed by atoms with E-state index in [1.807, 2.05) is 0 Å². The molecule has 0 radical (unpaired) electrons. The van der Waals surface area contributed by atoms with Crippen molar-refractivity contribution in [3.63, 3.8) is 0 Å². The highest BCUT2D eigenvalue weighted by molar-refractivity contribution is 5.81. The summed E-state index contributed by atoms with van der Waals surface area (Å²) >= 11 is 0. The summed E-state index contributed by atoms with van der Waals surface area (Å²) in [4.78, 5) is 22.4. The summed E-state index contributed by atoms with van der Waals surface area (Å²) in [5, 5.41) is 16.9. The van der Waals surface area contributed by atoms with Gasteiger partial charge in [0.05, 0.1) is 19.0 Å². The third-order valence-electron chi connectivity index (χ3n) is 2.29. The number of rotatable bonds is 3. The summed E-state index contributed by atoms with van der Waals surface area (Å²) in [6.07, 6.45) is -1.45. The lowest BCUT2D eigenvalue weighted by Crippen LogP contribution is -2.36. The summed E-state index contributed by atoms with van der Waals surface area (Å²) in [7, 11) is 0. The molecule has 1 aliphatic rings. The molecule has 1 amide bonds. The van der Waals surface area contributed by atoms with Gasteiger partial charge in [-0.1, -0.05) is 0 Å². The zero-order valence-corrected chi connectivity index (χ0v) is 8.32. The molecule has 0 aromatic carbocycles. The number of aliphatic carboxylic acids is 1. The van der Waals surface area contributed by atoms with Crippen molar-refractivity contribution >= 4 is 11.9 Å². The third kappa shape index (κ3) is 2.89. The van der Waals surface area contributed by atoms with Gasteiger partial charge in [0, 0.05) is 12.8 Å². The number of alkyl halides is 2. The van der Waals surface area contributed by atoms with Gasteiger partial charge in [0.25, 0.3) is 5.92 Å².